The molecular weight excluding hydrogens is 202 g/mol. The maximum absolute atomic E-state index is 10.9. The van der Waals surface area contributed by atoms with Crippen molar-refractivity contribution < 1.29 is 9.90 Å². The molecule has 0 aromatic rings. The van der Waals surface area contributed by atoms with Crippen LogP contribution in [0.5, 0.6) is 0 Å². The minimum Gasteiger partial charge on any atom is -0.481 e. The summed E-state index contributed by atoms with van der Waals surface area (Å²) in [5.74, 6) is -0.697. The molecule has 16 heavy (non-hydrogen) atoms. The molecule has 3 heteroatoms. The monoisotopic (exact) mass is 225 g/mol. The predicted molar refractivity (Wildman–Crippen MR) is 63.4 cm³/mol. The topological polar surface area (TPSA) is 40.5 Å². The Morgan fingerprint density at radius 1 is 1.25 bits per heavy atom. The molecular formula is C13H23NO2. The van der Waals surface area contributed by atoms with Crippen molar-refractivity contribution in [1.82, 2.24) is 4.90 Å². The summed E-state index contributed by atoms with van der Waals surface area (Å²) in [6.45, 7) is 6.66. The Balaban J connectivity index is 1.84. The van der Waals surface area contributed by atoms with Gasteiger partial charge in [-0.05, 0) is 50.6 Å². The highest BCUT2D eigenvalue weighted by atomic mass is 16.4. The van der Waals surface area contributed by atoms with Gasteiger partial charge in [-0.25, -0.2) is 0 Å². The van der Waals surface area contributed by atoms with Crippen LogP contribution < -0.4 is 0 Å². The summed E-state index contributed by atoms with van der Waals surface area (Å²) >= 11 is 0. The smallest absolute Gasteiger partial charge is 0.306 e. The first kappa shape index (κ1) is 11.9. The Kier molecular flexibility index (Phi) is 3.24. The molecule has 1 aliphatic heterocycles. The molecule has 1 N–H and O–H groups in total. The standard InChI is InChI=1S/C13H23NO2/c1-13(2)6-3-11(9-13)14-7-4-10(5-8-14)12(15)16/h10-11H,3-9H2,1-2H3,(H,15,16). The minimum absolute atomic E-state index is 0.0920. The molecule has 1 saturated carbocycles. The van der Waals surface area contributed by atoms with Crippen molar-refractivity contribution in [1.29, 1.82) is 0 Å². The van der Waals surface area contributed by atoms with E-state index in [1.54, 1.807) is 0 Å². The van der Waals surface area contributed by atoms with E-state index in [-0.39, 0.29) is 5.92 Å². The van der Waals surface area contributed by atoms with Crippen molar-refractivity contribution in [3.8, 4) is 0 Å². The van der Waals surface area contributed by atoms with Gasteiger partial charge in [-0.1, -0.05) is 13.8 Å². The average Bonchev–Trinajstić information content (AvgIpc) is 2.59. The average molecular weight is 225 g/mol. The Morgan fingerprint density at radius 3 is 2.31 bits per heavy atom. The van der Waals surface area contributed by atoms with Crippen LogP contribution in [-0.4, -0.2) is 35.1 Å². The summed E-state index contributed by atoms with van der Waals surface area (Å²) in [6, 6.07) is 0.713. The molecule has 0 aromatic carbocycles. The third-order valence-corrected chi connectivity index (χ3v) is 4.34. The summed E-state index contributed by atoms with van der Waals surface area (Å²) in [7, 11) is 0. The Labute approximate surface area is 97.8 Å². The molecule has 2 rings (SSSR count). The maximum Gasteiger partial charge on any atom is 0.306 e. The largest absolute Gasteiger partial charge is 0.481 e. The molecule has 2 fully saturated rings. The molecule has 1 atom stereocenters. The van der Waals surface area contributed by atoms with Gasteiger partial charge in [-0.15, -0.1) is 0 Å². The summed E-state index contributed by atoms with van der Waals surface area (Å²) < 4.78 is 0. The van der Waals surface area contributed by atoms with E-state index in [4.69, 9.17) is 5.11 Å². The van der Waals surface area contributed by atoms with E-state index < -0.39 is 5.97 Å². The number of carboxylic acids is 1. The second-order valence-electron chi connectivity index (χ2n) is 6.21. The van der Waals surface area contributed by atoms with Crippen molar-refractivity contribution in [2.75, 3.05) is 13.1 Å². The van der Waals surface area contributed by atoms with Crippen LogP contribution in [0.4, 0.5) is 0 Å². The molecule has 1 unspecified atom stereocenters. The van der Waals surface area contributed by atoms with Crippen LogP contribution in [-0.2, 0) is 4.79 Å². The molecule has 92 valence electrons. The zero-order chi connectivity index (χ0) is 11.8. The quantitative estimate of drug-likeness (QED) is 0.784. The number of carboxylic acid groups (broad SMARTS) is 1. The Hall–Kier alpha value is -0.570. The van der Waals surface area contributed by atoms with Crippen molar-refractivity contribution in [3.05, 3.63) is 0 Å². The zero-order valence-corrected chi connectivity index (χ0v) is 10.4. The van der Waals surface area contributed by atoms with Gasteiger partial charge in [0.25, 0.3) is 0 Å². The lowest BCUT2D eigenvalue weighted by molar-refractivity contribution is -0.143. The van der Waals surface area contributed by atoms with Gasteiger partial charge in [-0.2, -0.15) is 0 Å². The number of nitrogens with zero attached hydrogens (tertiary/aromatic N) is 1. The highest BCUT2D eigenvalue weighted by molar-refractivity contribution is 5.70. The maximum atomic E-state index is 10.9. The van der Waals surface area contributed by atoms with E-state index >= 15 is 0 Å². The summed E-state index contributed by atoms with van der Waals surface area (Å²) in [6.07, 6.45) is 5.57. The molecule has 0 bridgehead atoms. The minimum atomic E-state index is -0.605. The van der Waals surface area contributed by atoms with Gasteiger partial charge in [0, 0.05) is 6.04 Å². The van der Waals surface area contributed by atoms with Gasteiger partial charge in [0.2, 0.25) is 0 Å². The normalized spacial score (nSPS) is 31.8. The second kappa shape index (κ2) is 4.36. The number of likely N-dealkylation sites (tertiary alicyclic amines) is 1. The van der Waals surface area contributed by atoms with Crippen molar-refractivity contribution in [3.63, 3.8) is 0 Å². The second-order valence-corrected chi connectivity index (χ2v) is 6.21. The van der Waals surface area contributed by atoms with Crippen molar-refractivity contribution in [2.45, 2.75) is 52.0 Å². The van der Waals surface area contributed by atoms with Crippen LogP contribution in [0.1, 0.15) is 46.0 Å². The summed E-state index contributed by atoms with van der Waals surface area (Å²) in [5, 5.41) is 8.95. The zero-order valence-electron chi connectivity index (χ0n) is 10.4. The van der Waals surface area contributed by atoms with Crippen LogP contribution in [0.2, 0.25) is 0 Å². The first-order valence-corrected chi connectivity index (χ1v) is 6.45. The Bertz CT molecular complexity index is 267. The van der Waals surface area contributed by atoms with Crippen molar-refractivity contribution >= 4 is 5.97 Å². The summed E-state index contributed by atoms with van der Waals surface area (Å²) in [5.41, 5.74) is 0.494. The van der Waals surface area contributed by atoms with Gasteiger partial charge in [0.1, 0.15) is 0 Å². The fraction of sp³-hybridized carbons (Fsp3) is 0.923. The van der Waals surface area contributed by atoms with Crippen LogP contribution in [0.3, 0.4) is 0 Å². The van der Waals surface area contributed by atoms with E-state index in [0.29, 0.717) is 11.5 Å². The lowest BCUT2D eigenvalue weighted by atomic mass is 9.91. The molecule has 3 nitrogen and oxygen atoms in total. The Morgan fingerprint density at radius 2 is 1.88 bits per heavy atom. The van der Waals surface area contributed by atoms with Gasteiger partial charge >= 0.3 is 5.97 Å². The van der Waals surface area contributed by atoms with E-state index in [1.807, 2.05) is 0 Å². The van der Waals surface area contributed by atoms with Crippen LogP contribution in [0.25, 0.3) is 0 Å². The molecule has 2 aliphatic rings. The molecule has 0 spiro atoms. The SMILES string of the molecule is CC1(C)CCC(N2CCC(C(=O)O)CC2)C1. The first-order valence-electron chi connectivity index (χ1n) is 6.45. The van der Waals surface area contributed by atoms with E-state index in [9.17, 15) is 4.79 Å². The molecule has 1 aliphatic carbocycles. The van der Waals surface area contributed by atoms with Crippen molar-refractivity contribution in [2.24, 2.45) is 11.3 Å². The highest BCUT2D eigenvalue weighted by Crippen LogP contribution is 2.40. The van der Waals surface area contributed by atoms with E-state index in [1.165, 1.54) is 19.3 Å². The number of aliphatic carboxylic acids is 1. The van der Waals surface area contributed by atoms with Crippen LogP contribution in [0.15, 0.2) is 0 Å². The lowest BCUT2D eigenvalue weighted by Crippen LogP contribution is -2.42. The van der Waals surface area contributed by atoms with Gasteiger partial charge in [0.15, 0.2) is 0 Å². The van der Waals surface area contributed by atoms with Gasteiger partial charge < -0.3 is 10.0 Å². The number of hydrogen-bond donors (Lipinski definition) is 1. The third kappa shape index (κ3) is 2.57. The number of rotatable bonds is 2. The highest BCUT2D eigenvalue weighted by Gasteiger charge is 2.36. The molecule has 1 saturated heterocycles. The predicted octanol–water partition coefficient (Wildman–Crippen LogP) is 2.36. The van der Waals surface area contributed by atoms with E-state index in [2.05, 4.69) is 18.7 Å². The van der Waals surface area contributed by atoms with E-state index in [0.717, 1.165) is 25.9 Å². The van der Waals surface area contributed by atoms with Gasteiger partial charge in [0.05, 0.1) is 5.92 Å². The fourth-order valence-electron chi connectivity index (χ4n) is 3.22. The molecule has 0 amide bonds. The van der Waals surface area contributed by atoms with Crippen LogP contribution in [0, 0.1) is 11.3 Å². The number of hydrogen-bond acceptors (Lipinski definition) is 2. The lowest BCUT2D eigenvalue weighted by Gasteiger charge is -2.35. The van der Waals surface area contributed by atoms with Gasteiger partial charge in [-0.3, -0.25) is 4.79 Å². The summed E-state index contributed by atoms with van der Waals surface area (Å²) in [4.78, 5) is 13.4. The number of piperidine rings is 1. The fourth-order valence-corrected chi connectivity index (χ4v) is 3.22. The molecule has 0 aromatic heterocycles. The van der Waals surface area contributed by atoms with Crippen LogP contribution >= 0.6 is 0 Å². The molecule has 1 heterocycles. The molecule has 0 radical (unpaired) electrons. The number of carbonyl (C=O) groups is 1. The third-order valence-electron chi connectivity index (χ3n) is 4.34. The first-order chi connectivity index (χ1) is 7.48.